The summed E-state index contributed by atoms with van der Waals surface area (Å²) in [4.78, 5) is 6.91. The molecule has 5 rings (SSSR count). The zero-order valence-electron chi connectivity index (χ0n) is 18.1. The molecule has 168 valence electrons. The number of aliphatic hydroxyl groups is 1. The molecule has 0 spiro atoms. The molecule has 1 fully saturated rings. The first-order valence-electron chi connectivity index (χ1n) is 11.1. The molecule has 1 aliphatic heterocycles. The Morgan fingerprint density at radius 3 is 2.18 bits per heavy atom. The smallest absolute Gasteiger partial charge is 0.141 e. The van der Waals surface area contributed by atoms with Crippen molar-refractivity contribution in [2.75, 3.05) is 26.2 Å². The van der Waals surface area contributed by atoms with Gasteiger partial charge in [-0.1, -0.05) is 65.7 Å². The second-order valence-electron chi connectivity index (χ2n) is 8.46. The zero-order chi connectivity index (χ0) is 22.8. The predicted molar refractivity (Wildman–Crippen MR) is 135 cm³/mol. The minimum atomic E-state index is -1.38. The highest BCUT2D eigenvalue weighted by atomic mass is 35.5. The summed E-state index contributed by atoms with van der Waals surface area (Å²) in [6, 6.07) is 23.1. The summed E-state index contributed by atoms with van der Waals surface area (Å²) < 4.78 is 0. The minimum Gasteiger partial charge on any atom is -0.376 e. The van der Waals surface area contributed by atoms with E-state index < -0.39 is 5.60 Å². The van der Waals surface area contributed by atoms with Crippen LogP contribution in [0.3, 0.4) is 0 Å². The Morgan fingerprint density at radius 1 is 0.848 bits per heavy atom. The van der Waals surface area contributed by atoms with Gasteiger partial charge in [0.05, 0.1) is 5.52 Å². The van der Waals surface area contributed by atoms with Gasteiger partial charge in [0, 0.05) is 59.9 Å². The number of nitrogens with one attached hydrogen (secondary N) is 1. The van der Waals surface area contributed by atoms with Crippen molar-refractivity contribution in [3.05, 3.63) is 111 Å². The average molecular weight is 478 g/mol. The number of hydrogen-bond donors (Lipinski definition) is 2. The van der Waals surface area contributed by atoms with Crippen molar-refractivity contribution >= 4 is 34.1 Å². The van der Waals surface area contributed by atoms with E-state index in [1.165, 1.54) is 5.56 Å². The molecule has 0 saturated carbocycles. The second kappa shape index (κ2) is 9.41. The summed E-state index contributed by atoms with van der Waals surface area (Å²) in [5.41, 5.74) is 2.86. The van der Waals surface area contributed by atoms with E-state index in [9.17, 15) is 5.11 Å². The number of pyridine rings is 1. The van der Waals surface area contributed by atoms with Crippen LogP contribution >= 0.6 is 23.2 Å². The highest BCUT2D eigenvalue weighted by molar-refractivity contribution is 6.31. The Labute approximate surface area is 203 Å². The van der Waals surface area contributed by atoms with Gasteiger partial charge in [0.1, 0.15) is 5.60 Å². The van der Waals surface area contributed by atoms with E-state index in [1.807, 2.05) is 48.5 Å². The highest BCUT2D eigenvalue weighted by Crippen LogP contribution is 2.40. The van der Waals surface area contributed by atoms with Gasteiger partial charge in [-0.2, -0.15) is 0 Å². The summed E-state index contributed by atoms with van der Waals surface area (Å²) >= 11 is 12.4. The van der Waals surface area contributed by atoms with E-state index in [2.05, 4.69) is 27.3 Å². The Balaban J connectivity index is 1.60. The Bertz CT molecular complexity index is 1250. The van der Waals surface area contributed by atoms with E-state index in [0.29, 0.717) is 10.0 Å². The van der Waals surface area contributed by atoms with Crippen molar-refractivity contribution in [1.82, 2.24) is 15.2 Å². The van der Waals surface area contributed by atoms with E-state index in [-0.39, 0.29) is 0 Å². The molecule has 0 amide bonds. The van der Waals surface area contributed by atoms with Crippen LogP contribution in [0.2, 0.25) is 10.0 Å². The number of piperazine rings is 1. The van der Waals surface area contributed by atoms with Crippen molar-refractivity contribution in [3.63, 3.8) is 0 Å². The van der Waals surface area contributed by atoms with Crippen LogP contribution in [-0.2, 0) is 12.1 Å². The van der Waals surface area contributed by atoms with Crippen LogP contribution in [0.4, 0.5) is 0 Å². The van der Waals surface area contributed by atoms with Gasteiger partial charge in [0.15, 0.2) is 0 Å². The largest absolute Gasteiger partial charge is 0.376 e. The summed E-state index contributed by atoms with van der Waals surface area (Å²) in [6.45, 7) is 5.03. The fourth-order valence-corrected chi connectivity index (χ4v) is 4.88. The molecular weight excluding hydrogens is 453 g/mol. The first kappa shape index (κ1) is 22.3. The molecule has 2 heterocycles. The summed E-state index contributed by atoms with van der Waals surface area (Å²) in [7, 11) is 0. The first-order valence-corrected chi connectivity index (χ1v) is 11.9. The van der Waals surface area contributed by atoms with Gasteiger partial charge in [-0.15, -0.1) is 0 Å². The lowest BCUT2D eigenvalue weighted by Crippen LogP contribution is -2.42. The van der Waals surface area contributed by atoms with Crippen molar-refractivity contribution in [2.45, 2.75) is 12.1 Å². The van der Waals surface area contributed by atoms with Crippen LogP contribution in [0.25, 0.3) is 10.9 Å². The molecule has 1 atom stereocenters. The third kappa shape index (κ3) is 4.50. The standard InChI is InChI=1S/C27H25Cl2N3O/c28-22-7-5-21(6-8-22)27(33,25-11-12-31-26-17-23(29)9-10-24(25)26)20-3-1-19(2-4-20)18-32-15-13-30-14-16-32/h1-12,17,30,33H,13-16,18H2. The number of aromatic nitrogens is 1. The van der Waals surface area contributed by atoms with E-state index in [4.69, 9.17) is 23.2 Å². The molecule has 4 nitrogen and oxygen atoms in total. The molecule has 1 saturated heterocycles. The third-order valence-electron chi connectivity index (χ3n) is 6.34. The molecule has 0 radical (unpaired) electrons. The van der Waals surface area contributed by atoms with Crippen LogP contribution in [0.1, 0.15) is 22.3 Å². The van der Waals surface area contributed by atoms with Gasteiger partial charge >= 0.3 is 0 Å². The van der Waals surface area contributed by atoms with E-state index in [1.54, 1.807) is 18.3 Å². The molecule has 0 bridgehead atoms. The number of hydrogen-bond acceptors (Lipinski definition) is 4. The Kier molecular flexibility index (Phi) is 6.37. The predicted octanol–water partition coefficient (Wildman–Crippen LogP) is 5.23. The van der Waals surface area contributed by atoms with Crippen molar-refractivity contribution in [1.29, 1.82) is 0 Å². The second-order valence-corrected chi connectivity index (χ2v) is 9.33. The van der Waals surface area contributed by atoms with Gasteiger partial charge in [0.2, 0.25) is 0 Å². The van der Waals surface area contributed by atoms with Crippen LogP contribution in [0.15, 0.2) is 79.0 Å². The Hall–Kier alpha value is -2.47. The summed E-state index contributed by atoms with van der Waals surface area (Å²) in [5.74, 6) is 0. The van der Waals surface area contributed by atoms with Crippen LogP contribution in [0, 0.1) is 0 Å². The fraction of sp³-hybridized carbons (Fsp3) is 0.222. The monoisotopic (exact) mass is 477 g/mol. The highest BCUT2D eigenvalue weighted by Gasteiger charge is 2.35. The lowest BCUT2D eigenvalue weighted by Gasteiger charge is -2.32. The fourth-order valence-electron chi connectivity index (χ4n) is 4.58. The van der Waals surface area contributed by atoms with Gasteiger partial charge in [-0.25, -0.2) is 0 Å². The maximum Gasteiger partial charge on any atom is 0.141 e. The van der Waals surface area contributed by atoms with Crippen LogP contribution < -0.4 is 5.32 Å². The number of fused-ring (bicyclic) bond motifs is 1. The first-order chi connectivity index (χ1) is 16.0. The SMILES string of the molecule is OC(c1ccc(Cl)cc1)(c1ccc(CN2CCNCC2)cc1)c1ccnc2cc(Cl)ccc12. The molecule has 4 aromatic rings. The molecular formula is C27H25Cl2N3O. The molecule has 33 heavy (non-hydrogen) atoms. The Morgan fingerprint density at radius 2 is 1.48 bits per heavy atom. The van der Waals surface area contributed by atoms with Gasteiger partial charge in [0.25, 0.3) is 0 Å². The molecule has 1 aromatic heterocycles. The number of rotatable bonds is 5. The van der Waals surface area contributed by atoms with E-state index >= 15 is 0 Å². The molecule has 0 aliphatic carbocycles. The molecule has 1 aliphatic rings. The van der Waals surface area contributed by atoms with Gasteiger partial charge in [-0.3, -0.25) is 9.88 Å². The molecule has 2 N–H and O–H groups in total. The van der Waals surface area contributed by atoms with Crippen LogP contribution in [-0.4, -0.2) is 41.2 Å². The van der Waals surface area contributed by atoms with Gasteiger partial charge < -0.3 is 10.4 Å². The molecule has 6 heteroatoms. The average Bonchev–Trinajstić information content (AvgIpc) is 2.84. The zero-order valence-corrected chi connectivity index (χ0v) is 19.7. The minimum absolute atomic E-state index is 0.611. The maximum absolute atomic E-state index is 12.4. The summed E-state index contributed by atoms with van der Waals surface area (Å²) in [6.07, 6.45) is 1.72. The molecule has 3 aromatic carbocycles. The number of benzene rings is 3. The number of halogens is 2. The summed E-state index contributed by atoms with van der Waals surface area (Å²) in [5, 5.41) is 17.8. The molecule has 1 unspecified atom stereocenters. The van der Waals surface area contributed by atoms with Crippen molar-refractivity contribution in [3.8, 4) is 0 Å². The van der Waals surface area contributed by atoms with Crippen molar-refractivity contribution < 1.29 is 5.11 Å². The third-order valence-corrected chi connectivity index (χ3v) is 6.83. The van der Waals surface area contributed by atoms with Gasteiger partial charge in [-0.05, 0) is 47.0 Å². The lowest BCUT2D eigenvalue weighted by molar-refractivity contribution is 0.127. The van der Waals surface area contributed by atoms with E-state index in [0.717, 1.165) is 60.3 Å². The van der Waals surface area contributed by atoms with Crippen LogP contribution in [0.5, 0.6) is 0 Å². The lowest BCUT2D eigenvalue weighted by atomic mass is 9.79. The normalized spacial score (nSPS) is 16.6. The number of nitrogens with zero attached hydrogens (tertiary/aromatic N) is 2. The topological polar surface area (TPSA) is 48.4 Å². The quantitative estimate of drug-likeness (QED) is 0.413. The maximum atomic E-state index is 12.4. The van der Waals surface area contributed by atoms with Crippen molar-refractivity contribution in [2.24, 2.45) is 0 Å².